The van der Waals surface area contributed by atoms with E-state index in [1.807, 2.05) is 7.11 Å². The van der Waals surface area contributed by atoms with Gasteiger partial charge in [-0.15, -0.1) is 0 Å². The van der Waals surface area contributed by atoms with E-state index in [9.17, 15) is 0 Å². The van der Waals surface area contributed by atoms with Crippen LogP contribution in [0.25, 0.3) is 0 Å². The second kappa shape index (κ2) is 6.06. The predicted molar refractivity (Wildman–Crippen MR) is 80.6 cm³/mol. The Bertz CT molecular complexity index is 418. The highest BCUT2D eigenvalue weighted by Crippen LogP contribution is 2.27. The summed E-state index contributed by atoms with van der Waals surface area (Å²) in [6.45, 7) is 8.90. The van der Waals surface area contributed by atoms with Gasteiger partial charge in [-0.25, -0.2) is 0 Å². The van der Waals surface area contributed by atoms with Crippen LogP contribution in [0.3, 0.4) is 0 Å². The van der Waals surface area contributed by atoms with E-state index in [0.717, 1.165) is 6.42 Å². The van der Waals surface area contributed by atoms with Crippen LogP contribution in [0.1, 0.15) is 54.5 Å². The minimum atomic E-state index is 0.418. The van der Waals surface area contributed by atoms with E-state index in [2.05, 4.69) is 45.1 Å². The summed E-state index contributed by atoms with van der Waals surface area (Å²) in [5.41, 5.74) is 5.62. The fourth-order valence-electron chi connectivity index (χ4n) is 3.62. The summed E-state index contributed by atoms with van der Waals surface area (Å²) in [5.74, 6) is 0. The molecule has 1 aliphatic rings. The summed E-state index contributed by atoms with van der Waals surface area (Å²) < 4.78 is 5.45. The number of nitrogens with one attached hydrogen (secondary N) is 1. The minimum Gasteiger partial charge on any atom is -0.381 e. The highest BCUT2D eigenvalue weighted by atomic mass is 16.5. The van der Waals surface area contributed by atoms with Crippen molar-refractivity contribution in [2.45, 2.75) is 65.1 Å². The van der Waals surface area contributed by atoms with Gasteiger partial charge in [0.2, 0.25) is 0 Å². The second-order valence-electron chi connectivity index (χ2n) is 6.07. The predicted octanol–water partition coefficient (Wildman–Crippen LogP) is 3.83. The van der Waals surface area contributed by atoms with Crippen molar-refractivity contribution < 1.29 is 4.74 Å². The molecular weight excluding hydrogens is 234 g/mol. The van der Waals surface area contributed by atoms with Crippen LogP contribution in [0.2, 0.25) is 0 Å². The van der Waals surface area contributed by atoms with Gasteiger partial charge in [0.25, 0.3) is 0 Å². The molecule has 1 aromatic rings. The molecule has 1 fully saturated rings. The van der Waals surface area contributed by atoms with Gasteiger partial charge in [0.15, 0.2) is 0 Å². The van der Waals surface area contributed by atoms with Crippen LogP contribution in [0.4, 0.5) is 0 Å². The molecule has 0 aromatic heterocycles. The van der Waals surface area contributed by atoms with E-state index in [1.165, 1.54) is 35.1 Å². The smallest absolute Gasteiger partial charge is 0.0586 e. The Morgan fingerprint density at radius 3 is 2.32 bits per heavy atom. The zero-order valence-electron chi connectivity index (χ0n) is 12.9. The molecule has 1 saturated carbocycles. The number of hydrogen-bond donors (Lipinski definition) is 1. The maximum absolute atomic E-state index is 5.45. The normalized spacial score (nSPS) is 24.7. The molecule has 0 radical (unpaired) electrons. The van der Waals surface area contributed by atoms with E-state index in [4.69, 9.17) is 4.74 Å². The molecule has 106 valence electrons. The molecule has 0 saturated heterocycles. The van der Waals surface area contributed by atoms with Crippen molar-refractivity contribution in [2.24, 2.45) is 0 Å². The summed E-state index contributed by atoms with van der Waals surface area (Å²) in [5, 5.41) is 3.78. The molecule has 2 nitrogen and oxygen atoms in total. The van der Waals surface area contributed by atoms with Gasteiger partial charge in [-0.1, -0.05) is 17.7 Å². The molecule has 0 spiro atoms. The zero-order valence-corrected chi connectivity index (χ0v) is 12.9. The van der Waals surface area contributed by atoms with Gasteiger partial charge in [0.1, 0.15) is 0 Å². The van der Waals surface area contributed by atoms with E-state index in [-0.39, 0.29) is 0 Å². The van der Waals surface area contributed by atoms with Gasteiger partial charge in [-0.05, 0) is 63.6 Å². The van der Waals surface area contributed by atoms with Crippen LogP contribution in [-0.4, -0.2) is 19.3 Å². The highest BCUT2D eigenvalue weighted by Gasteiger charge is 2.26. The maximum atomic E-state index is 5.45. The average Bonchev–Trinajstić information content (AvgIpc) is 2.75. The Morgan fingerprint density at radius 1 is 1.16 bits per heavy atom. The van der Waals surface area contributed by atoms with E-state index in [1.54, 1.807) is 0 Å². The quantitative estimate of drug-likeness (QED) is 0.889. The topological polar surface area (TPSA) is 21.3 Å². The van der Waals surface area contributed by atoms with Crippen molar-refractivity contribution in [1.82, 2.24) is 5.32 Å². The van der Waals surface area contributed by atoms with Crippen LogP contribution in [0.15, 0.2) is 12.1 Å². The number of rotatable bonds is 4. The van der Waals surface area contributed by atoms with Crippen molar-refractivity contribution in [3.05, 3.63) is 34.4 Å². The summed E-state index contributed by atoms with van der Waals surface area (Å²) in [7, 11) is 1.82. The lowest BCUT2D eigenvalue weighted by molar-refractivity contribution is 0.106. The van der Waals surface area contributed by atoms with E-state index < -0.39 is 0 Å². The van der Waals surface area contributed by atoms with Crippen molar-refractivity contribution in [3.63, 3.8) is 0 Å². The lowest BCUT2D eigenvalue weighted by atomic mass is 9.94. The van der Waals surface area contributed by atoms with Crippen LogP contribution in [0, 0.1) is 20.8 Å². The van der Waals surface area contributed by atoms with Crippen molar-refractivity contribution in [3.8, 4) is 0 Å². The first-order chi connectivity index (χ1) is 9.01. The Hall–Kier alpha value is -0.860. The summed E-state index contributed by atoms with van der Waals surface area (Å²) in [6, 6.07) is 5.58. The largest absolute Gasteiger partial charge is 0.381 e. The monoisotopic (exact) mass is 261 g/mol. The highest BCUT2D eigenvalue weighted by molar-refractivity contribution is 5.39. The number of hydrogen-bond acceptors (Lipinski definition) is 2. The van der Waals surface area contributed by atoms with Gasteiger partial charge < -0.3 is 10.1 Å². The molecule has 19 heavy (non-hydrogen) atoms. The standard InChI is InChI=1S/C17H27NO/c1-11-8-12(2)17(13(3)9-11)14(4)18-15-6-7-16(10-15)19-5/h8-9,14-16,18H,6-7,10H2,1-5H3. The molecule has 1 aliphatic carbocycles. The van der Waals surface area contributed by atoms with Gasteiger partial charge in [0.05, 0.1) is 6.10 Å². The summed E-state index contributed by atoms with van der Waals surface area (Å²) >= 11 is 0. The minimum absolute atomic E-state index is 0.418. The van der Waals surface area contributed by atoms with Crippen LogP contribution in [0.5, 0.6) is 0 Å². The molecule has 0 aliphatic heterocycles. The number of methoxy groups -OCH3 is 1. The van der Waals surface area contributed by atoms with E-state index >= 15 is 0 Å². The average molecular weight is 261 g/mol. The van der Waals surface area contributed by atoms with E-state index in [0.29, 0.717) is 18.2 Å². The number of aryl methyl sites for hydroxylation is 3. The molecule has 3 atom stereocenters. The molecule has 0 amide bonds. The third kappa shape index (κ3) is 3.37. The van der Waals surface area contributed by atoms with Crippen LogP contribution >= 0.6 is 0 Å². The van der Waals surface area contributed by atoms with Crippen LogP contribution in [-0.2, 0) is 4.74 Å². The lowest BCUT2D eigenvalue weighted by Gasteiger charge is -2.23. The first-order valence-corrected chi connectivity index (χ1v) is 7.38. The first-order valence-electron chi connectivity index (χ1n) is 7.38. The first kappa shape index (κ1) is 14.5. The fraction of sp³-hybridized carbons (Fsp3) is 0.647. The van der Waals surface area contributed by atoms with Gasteiger partial charge in [-0.2, -0.15) is 0 Å². The van der Waals surface area contributed by atoms with Crippen molar-refractivity contribution in [1.29, 1.82) is 0 Å². The molecule has 2 rings (SSSR count). The Labute approximate surface area is 117 Å². The Morgan fingerprint density at radius 2 is 1.79 bits per heavy atom. The Kier molecular flexibility index (Phi) is 4.64. The molecule has 0 bridgehead atoms. The molecule has 1 aromatic carbocycles. The van der Waals surface area contributed by atoms with Crippen molar-refractivity contribution in [2.75, 3.05) is 7.11 Å². The molecule has 2 heteroatoms. The zero-order chi connectivity index (χ0) is 14.0. The van der Waals surface area contributed by atoms with Crippen LogP contribution < -0.4 is 5.32 Å². The third-order valence-electron chi connectivity index (χ3n) is 4.37. The number of benzene rings is 1. The molecular formula is C17H27NO. The number of ether oxygens (including phenoxy) is 1. The summed E-state index contributed by atoms with van der Waals surface area (Å²) in [6.07, 6.45) is 4.01. The SMILES string of the molecule is COC1CCC(NC(C)c2c(C)cc(C)cc2C)C1. The lowest BCUT2D eigenvalue weighted by Crippen LogP contribution is -2.30. The fourth-order valence-corrected chi connectivity index (χ4v) is 3.62. The van der Waals surface area contributed by atoms with Gasteiger partial charge >= 0.3 is 0 Å². The van der Waals surface area contributed by atoms with Gasteiger partial charge in [0, 0.05) is 19.2 Å². The maximum Gasteiger partial charge on any atom is 0.0586 e. The molecule has 3 unspecified atom stereocenters. The van der Waals surface area contributed by atoms with Crippen molar-refractivity contribution >= 4 is 0 Å². The molecule has 1 N–H and O–H groups in total. The summed E-state index contributed by atoms with van der Waals surface area (Å²) in [4.78, 5) is 0. The second-order valence-corrected chi connectivity index (χ2v) is 6.07. The Balaban J connectivity index is 2.06. The third-order valence-corrected chi connectivity index (χ3v) is 4.37. The molecule has 0 heterocycles. The van der Waals surface area contributed by atoms with Gasteiger partial charge in [-0.3, -0.25) is 0 Å².